The molecular weight excluding hydrogens is 170 g/mol. The molecule has 0 spiro atoms. The summed E-state index contributed by atoms with van der Waals surface area (Å²) in [6.45, 7) is 3.81. The first-order valence-corrected chi connectivity index (χ1v) is 4.73. The standard InChI is InChI=1S/C9H17NO3/c1-7(11)5-10-4-2-3-8(6-10)9(12)13/h7-8,11H,2-6H2,1H3,(H,12,13)/t7-,8+/m0/s1. The summed E-state index contributed by atoms with van der Waals surface area (Å²) >= 11 is 0. The molecule has 0 aromatic heterocycles. The molecule has 0 aromatic rings. The van der Waals surface area contributed by atoms with Crippen molar-refractivity contribution in [2.75, 3.05) is 19.6 Å². The van der Waals surface area contributed by atoms with Gasteiger partial charge in [0.15, 0.2) is 0 Å². The number of aliphatic hydroxyl groups is 1. The Kier molecular flexibility index (Phi) is 3.69. The monoisotopic (exact) mass is 187 g/mol. The molecule has 2 N–H and O–H groups in total. The summed E-state index contributed by atoms with van der Waals surface area (Å²) in [5.41, 5.74) is 0. The van der Waals surface area contributed by atoms with E-state index in [9.17, 15) is 4.79 Å². The average Bonchev–Trinajstić information content (AvgIpc) is 2.03. The van der Waals surface area contributed by atoms with Crippen LogP contribution in [0.25, 0.3) is 0 Å². The van der Waals surface area contributed by atoms with Crippen molar-refractivity contribution in [2.45, 2.75) is 25.9 Å². The van der Waals surface area contributed by atoms with Crippen molar-refractivity contribution in [3.8, 4) is 0 Å². The number of carboxylic acid groups (broad SMARTS) is 1. The van der Waals surface area contributed by atoms with Gasteiger partial charge in [0.1, 0.15) is 0 Å². The predicted molar refractivity (Wildman–Crippen MR) is 48.5 cm³/mol. The van der Waals surface area contributed by atoms with Gasteiger partial charge in [0.05, 0.1) is 12.0 Å². The maximum absolute atomic E-state index is 10.7. The normalized spacial score (nSPS) is 27.1. The van der Waals surface area contributed by atoms with Gasteiger partial charge in [-0.25, -0.2) is 0 Å². The number of hydrogen-bond donors (Lipinski definition) is 2. The fourth-order valence-electron chi connectivity index (χ4n) is 1.80. The van der Waals surface area contributed by atoms with Crippen molar-refractivity contribution in [3.05, 3.63) is 0 Å². The molecule has 1 aliphatic heterocycles. The van der Waals surface area contributed by atoms with Crippen LogP contribution in [-0.2, 0) is 4.79 Å². The first-order chi connectivity index (χ1) is 6.09. The van der Waals surface area contributed by atoms with Crippen molar-refractivity contribution in [3.63, 3.8) is 0 Å². The smallest absolute Gasteiger partial charge is 0.307 e. The Morgan fingerprint density at radius 1 is 1.69 bits per heavy atom. The molecule has 13 heavy (non-hydrogen) atoms. The molecule has 1 fully saturated rings. The van der Waals surface area contributed by atoms with Crippen LogP contribution in [0.1, 0.15) is 19.8 Å². The Balaban J connectivity index is 2.37. The van der Waals surface area contributed by atoms with Crippen molar-refractivity contribution in [2.24, 2.45) is 5.92 Å². The molecule has 4 heteroatoms. The number of nitrogens with zero attached hydrogens (tertiary/aromatic N) is 1. The summed E-state index contributed by atoms with van der Waals surface area (Å²) in [5, 5.41) is 17.9. The minimum Gasteiger partial charge on any atom is -0.481 e. The van der Waals surface area contributed by atoms with Crippen LogP contribution in [0.15, 0.2) is 0 Å². The third kappa shape index (κ3) is 3.32. The van der Waals surface area contributed by atoms with E-state index in [1.54, 1.807) is 6.92 Å². The van der Waals surface area contributed by atoms with E-state index in [0.29, 0.717) is 13.1 Å². The molecule has 0 amide bonds. The Morgan fingerprint density at radius 3 is 2.92 bits per heavy atom. The molecule has 0 saturated carbocycles. The maximum Gasteiger partial charge on any atom is 0.307 e. The number of hydrogen-bond acceptors (Lipinski definition) is 3. The number of rotatable bonds is 3. The molecular formula is C9H17NO3. The molecule has 2 atom stereocenters. The minimum absolute atomic E-state index is 0.243. The van der Waals surface area contributed by atoms with Gasteiger partial charge in [0.25, 0.3) is 0 Å². The van der Waals surface area contributed by atoms with Gasteiger partial charge in [-0.1, -0.05) is 0 Å². The van der Waals surface area contributed by atoms with Gasteiger partial charge in [0, 0.05) is 13.1 Å². The van der Waals surface area contributed by atoms with Crippen molar-refractivity contribution < 1.29 is 15.0 Å². The van der Waals surface area contributed by atoms with E-state index in [4.69, 9.17) is 10.2 Å². The Labute approximate surface area is 78.2 Å². The fourth-order valence-corrected chi connectivity index (χ4v) is 1.80. The SMILES string of the molecule is C[C@H](O)CN1CCC[C@@H](C(=O)O)C1. The van der Waals surface area contributed by atoms with E-state index in [-0.39, 0.29) is 12.0 Å². The first-order valence-electron chi connectivity index (χ1n) is 4.73. The summed E-state index contributed by atoms with van der Waals surface area (Å²) in [4.78, 5) is 12.7. The summed E-state index contributed by atoms with van der Waals surface area (Å²) in [7, 11) is 0. The lowest BCUT2D eigenvalue weighted by Crippen LogP contribution is -2.41. The Hall–Kier alpha value is -0.610. The highest BCUT2D eigenvalue weighted by atomic mass is 16.4. The van der Waals surface area contributed by atoms with Gasteiger partial charge < -0.3 is 10.2 Å². The second-order valence-electron chi connectivity index (χ2n) is 3.79. The molecule has 1 saturated heterocycles. The molecule has 1 heterocycles. The van der Waals surface area contributed by atoms with Crippen LogP contribution in [0, 0.1) is 5.92 Å². The number of likely N-dealkylation sites (tertiary alicyclic amines) is 1. The van der Waals surface area contributed by atoms with Gasteiger partial charge in [-0.15, -0.1) is 0 Å². The summed E-state index contributed by atoms with van der Waals surface area (Å²) in [5.74, 6) is -0.956. The molecule has 1 aliphatic rings. The number of carboxylic acids is 1. The molecule has 76 valence electrons. The van der Waals surface area contributed by atoms with Crippen LogP contribution in [0.5, 0.6) is 0 Å². The fraction of sp³-hybridized carbons (Fsp3) is 0.889. The highest BCUT2D eigenvalue weighted by molar-refractivity contribution is 5.70. The first kappa shape index (κ1) is 10.5. The lowest BCUT2D eigenvalue weighted by Gasteiger charge is -2.31. The van der Waals surface area contributed by atoms with Crippen LogP contribution in [0.3, 0.4) is 0 Å². The van der Waals surface area contributed by atoms with E-state index in [2.05, 4.69) is 0 Å². The van der Waals surface area contributed by atoms with Crippen molar-refractivity contribution in [1.82, 2.24) is 4.90 Å². The van der Waals surface area contributed by atoms with Crippen molar-refractivity contribution >= 4 is 5.97 Å². The Bertz CT molecular complexity index is 182. The molecule has 0 radical (unpaired) electrons. The van der Waals surface area contributed by atoms with Crippen LogP contribution in [-0.4, -0.2) is 46.8 Å². The Morgan fingerprint density at radius 2 is 2.38 bits per heavy atom. The number of aliphatic hydroxyl groups excluding tert-OH is 1. The predicted octanol–water partition coefficient (Wildman–Crippen LogP) is 0.164. The number of piperidine rings is 1. The minimum atomic E-state index is -0.713. The van der Waals surface area contributed by atoms with Gasteiger partial charge >= 0.3 is 5.97 Å². The van der Waals surface area contributed by atoms with E-state index in [1.807, 2.05) is 4.90 Å². The van der Waals surface area contributed by atoms with Crippen molar-refractivity contribution in [1.29, 1.82) is 0 Å². The molecule has 0 unspecified atom stereocenters. The highest BCUT2D eigenvalue weighted by Gasteiger charge is 2.25. The van der Waals surface area contributed by atoms with E-state index in [1.165, 1.54) is 0 Å². The molecule has 0 aliphatic carbocycles. The van der Waals surface area contributed by atoms with Gasteiger partial charge in [-0.05, 0) is 26.3 Å². The zero-order valence-electron chi connectivity index (χ0n) is 7.94. The van der Waals surface area contributed by atoms with Crippen LogP contribution in [0.2, 0.25) is 0 Å². The highest BCUT2D eigenvalue weighted by Crippen LogP contribution is 2.16. The average molecular weight is 187 g/mol. The zero-order valence-corrected chi connectivity index (χ0v) is 7.94. The molecule has 1 rings (SSSR count). The molecule has 0 bridgehead atoms. The lowest BCUT2D eigenvalue weighted by atomic mass is 9.98. The lowest BCUT2D eigenvalue weighted by molar-refractivity contribution is -0.143. The van der Waals surface area contributed by atoms with Crippen LogP contribution < -0.4 is 0 Å². The summed E-state index contributed by atoms with van der Waals surface area (Å²) in [6.07, 6.45) is 1.32. The quantitative estimate of drug-likeness (QED) is 0.661. The van der Waals surface area contributed by atoms with E-state index >= 15 is 0 Å². The topological polar surface area (TPSA) is 60.8 Å². The van der Waals surface area contributed by atoms with Gasteiger partial charge in [0.2, 0.25) is 0 Å². The number of aliphatic carboxylic acids is 1. The number of β-amino-alcohol motifs (C(OH)–C–C–N with tert-alkyl or cyclic N) is 1. The number of carbonyl (C=O) groups is 1. The van der Waals surface area contributed by atoms with E-state index < -0.39 is 5.97 Å². The second kappa shape index (κ2) is 4.58. The molecule has 0 aromatic carbocycles. The van der Waals surface area contributed by atoms with Gasteiger partial charge in [-0.2, -0.15) is 0 Å². The summed E-state index contributed by atoms with van der Waals surface area (Å²) < 4.78 is 0. The van der Waals surface area contributed by atoms with Crippen LogP contribution in [0.4, 0.5) is 0 Å². The molecule has 4 nitrogen and oxygen atoms in total. The third-order valence-corrected chi connectivity index (χ3v) is 2.38. The second-order valence-corrected chi connectivity index (χ2v) is 3.79. The zero-order chi connectivity index (χ0) is 9.84. The van der Waals surface area contributed by atoms with E-state index in [0.717, 1.165) is 19.4 Å². The largest absolute Gasteiger partial charge is 0.481 e. The summed E-state index contributed by atoms with van der Waals surface area (Å²) in [6, 6.07) is 0. The maximum atomic E-state index is 10.7. The third-order valence-electron chi connectivity index (χ3n) is 2.38. The van der Waals surface area contributed by atoms with Gasteiger partial charge in [-0.3, -0.25) is 9.69 Å². The van der Waals surface area contributed by atoms with Crippen LogP contribution >= 0.6 is 0 Å².